The van der Waals surface area contributed by atoms with Crippen LogP contribution in [0.2, 0.25) is 0 Å². The van der Waals surface area contributed by atoms with Gasteiger partial charge in [0.05, 0.1) is 18.2 Å². The molecule has 2 aromatic rings. The van der Waals surface area contributed by atoms with E-state index in [2.05, 4.69) is 21.7 Å². The van der Waals surface area contributed by atoms with Gasteiger partial charge >= 0.3 is 0 Å². The number of carbonyl (C=O) groups is 1. The number of aromatic nitrogens is 1. The first kappa shape index (κ1) is 16.1. The summed E-state index contributed by atoms with van der Waals surface area (Å²) in [6, 6.07) is 9.50. The molecule has 3 rings (SSSR count). The highest BCUT2D eigenvalue weighted by atomic mass is 16.5. The van der Waals surface area contributed by atoms with Crippen molar-refractivity contribution in [1.29, 1.82) is 5.26 Å². The third kappa shape index (κ3) is 3.40. The molecular weight excluding hydrogens is 304 g/mol. The van der Waals surface area contributed by atoms with Gasteiger partial charge < -0.3 is 15.4 Å². The predicted octanol–water partition coefficient (Wildman–Crippen LogP) is 2.44. The van der Waals surface area contributed by atoms with Crippen LogP contribution in [0.1, 0.15) is 24.8 Å². The van der Waals surface area contributed by atoms with Gasteiger partial charge in [-0.15, -0.1) is 0 Å². The SMILES string of the molecule is COc1ccc2nc(NCCNC(=O)C3CCC3)c(C#N)cc2c1. The Labute approximate surface area is 140 Å². The van der Waals surface area contributed by atoms with Crippen molar-refractivity contribution >= 4 is 22.6 Å². The molecule has 1 aromatic heterocycles. The summed E-state index contributed by atoms with van der Waals surface area (Å²) >= 11 is 0. The van der Waals surface area contributed by atoms with Crippen LogP contribution in [0, 0.1) is 17.2 Å². The number of nitriles is 1. The Balaban J connectivity index is 1.65. The van der Waals surface area contributed by atoms with Crippen LogP contribution in [0.3, 0.4) is 0 Å². The average molecular weight is 324 g/mol. The zero-order valence-corrected chi connectivity index (χ0v) is 13.6. The summed E-state index contributed by atoms with van der Waals surface area (Å²) in [4.78, 5) is 16.3. The molecule has 6 nitrogen and oxygen atoms in total. The second-order valence-corrected chi connectivity index (χ2v) is 5.90. The molecule has 0 spiro atoms. The minimum absolute atomic E-state index is 0.127. The molecule has 1 saturated carbocycles. The number of amides is 1. The Hall–Kier alpha value is -2.81. The number of rotatable bonds is 6. The van der Waals surface area contributed by atoms with Crippen LogP contribution >= 0.6 is 0 Å². The molecule has 0 unspecified atom stereocenters. The zero-order valence-electron chi connectivity index (χ0n) is 13.6. The summed E-state index contributed by atoms with van der Waals surface area (Å²) in [7, 11) is 1.60. The highest BCUT2D eigenvalue weighted by Crippen LogP contribution is 2.26. The second kappa shape index (κ2) is 7.18. The van der Waals surface area contributed by atoms with Crippen molar-refractivity contribution in [3.8, 4) is 11.8 Å². The lowest BCUT2D eigenvalue weighted by atomic mass is 9.85. The van der Waals surface area contributed by atoms with Crippen LogP contribution in [-0.2, 0) is 4.79 Å². The number of methoxy groups -OCH3 is 1. The van der Waals surface area contributed by atoms with E-state index in [1.54, 1.807) is 13.2 Å². The van der Waals surface area contributed by atoms with Crippen molar-refractivity contribution < 1.29 is 9.53 Å². The van der Waals surface area contributed by atoms with Gasteiger partial charge in [-0.25, -0.2) is 4.98 Å². The van der Waals surface area contributed by atoms with Gasteiger partial charge in [0.15, 0.2) is 0 Å². The topological polar surface area (TPSA) is 87.0 Å². The van der Waals surface area contributed by atoms with E-state index in [0.29, 0.717) is 24.5 Å². The van der Waals surface area contributed by atoms with E-state index >= 15 is 0 Å². The van der Waals surface area contributed by atoms with Crippen molar-refractivity contribution in [2.45, 2.75) is 19.3 Å². The molecule has 1 fully saturated rings. The summed E-state index contributed by atoms with van der Waals surface area (Å²) in [6.07, 6.45) is 3.13. The third-order valence-corrected chi connectivity index (χ3v) is 4.34. The minimum atomic E-state index is 0.127. The fraction of sp³-hybridized carbons (Fsp3) is 0.389. The molecule has 1 heterocycles. The molecule has 124 valence electrons. The summed E-state index contributed by atoms with van der Waals surface area (Å²) < 4.78 is 5.19. The Morgan fingerprint density at radius 3 is 2.88 bits per heavy atom. The number of hydrogen-bond donors (Lipinski definition) is 2. The smallest absolute Gasteiger partial charge is 0.223 e. The van der Waals surface area contributed by atoms with Crippen molar-refractivity contribution in [2.75, 3.05) is 25.5 Å². The number of benzene rings is 1. The number of nitrogens with one attached hydrogen (secondary N) is 2. The fourth-order valence-corrected chi connectivity index (χ4v) is 2.68. The van der Waals surface area contributed by atoms with Crippen LogP contribution < -0.4 is 15.4 Å². The first-order chi connectivity index (χ1) is 11.7. The maximum Gasteiger partial charge on any atom is 0.223 e. The summed E-state index contributed by atoms with van der Waals surface area (Å²) in [6.45, 7) is 1.05. The van der Waals surface area contributed by atoms with E-state index in [1.165, 1.54) is 0 Å². The fourth-order valence-electron chi connectivity index (χ4n) is 2.68. The zero-order chi connectivity index (χ0) is 16.9. The lowest BCUT2D eigenvalue weighted by Gasteiger charge is -2.24. The monoisotopic (exact) mass is 324 g/mol. The van der Waals surface area contributed by atoms with Gasteiger partial charge in [-0.05, 0) is 37.1 Å². The van der Waals surface area contributed by atoms with E-state index in [4.69, 9.17) is 4.74 Å². The molecule has 0 saturated heterocycles. The Morgan fingerprint density at radius 2 is 2.21 bits per heavy atom. The minimum Gasteiger partial charge on any atom is -0.497 e. The largest absolute Gasteiger partial charge is 0.497 e. The summed E-state index contributed by atoms with van der Waals surface area (Å²) in [5.74, 6) is 1.58. The summed E-state index contributed by atoms with van der Waals surface area (Å²) in [5, 5.41) is 16.2. The lowest BCUT2D eigenvalue weighted by Crippen LogP contribution is -2.37. The molecule has 0 radical (unpaired) electrons. The van der Waals surface area contributed by atoms with Gasteiger partial charge in [-0.1, -0.05) is 6.42 Å². The Morgan fingerprint density at radius 1 is 1.38 bits per heavy atom. The maximum absolute atomic E-state index is 11.8. The van der Waals surface area contributed by atoms with Crippen LogP contribution in [0.4, 0.5) is 5.82 Å². The molecule has 1 amide bonds. The maximum atomic E-state index is 11.8. The molecular formula is C18H20N4O2. The van der Waals surface area contributed by atoms with Crippen molar-refractivity contribution in [1.82, 2.24) is 10.3 Å². The number of fused-ring (bicyclic) bond motifs is 1. The van der Waals surface area contributed by atoms with E-state index in [0.717, 1.165) is 35.9 Å². The molecule has 6 heteroatoms. The van der Waals surface area contributed by atoms with Crippen LogP contribution in [0.25, 0.3) is 10.9 Å². The average Bonchev–Trinajstić information content (AvgIpc) is 2.55. The second-order valence-electron chi connectivity index (χ2n) is 5.90. The van der Waals surface area contributed by atoms with Crippen molar-refractivity contribution in [3.63, 3.8) is 0 Å². The highest BCUT2D eigenvalue weighted by molar-refractivity contribution is 5.84. The summed E-state index contributed by atoms with van der Waals surface area (Å²) in [5.41, 5.74) is 1.26. The molecule has 0 bridgehead atoms. The van der Waals surface area contributed by atoms with E-state index in [-0.39, 0.29) is 11.8 Å². The number of anilines is 1. The number of carbonyl (C=O) groups excluding carboxylic acids is 1. The van der Waals surface area contributed by atoms with Crippen LogP contribution in [-0.4, -0.2) is 31.1 Å². The lowest BCUT2D eigenvalue weighted by molar-refractivity contribution is -0.127. The predicted molar refractivity (Wildman–Crippen MR) is 91.9 cm³/mol. The number of hydrogen-bond acceptors (Lipinski definition) is 5. The Bertz CT molecular complexity index is 793. The molecule has 0 atom stereocenters. The normalized spacial score (nSPS) is 13.8. The van der Waals surface area contributed by atoms with E-state index in [1.807, 2.05) is 18.2 Å². The first-order valence-electron chi connectivity index (χ1n) is 8.11. The first-order valence-corrected chi connectivity index (χ1v) is 8.11. The highest BCUT2D eigenvalue weighted by Gasteiger charge is 2.24. The van der Waals surface area contributed by atoms with Gasteiger partial charge in [-0.2, -0.15) is 5.26 Å². The molecule has 24 heavy (non-hydrogen) atoms. The van der Waals surface area contributed by atoms with E-state index in [9.17, 15) is 10.1 Å². The van der Waals surface area contributed by atoms with Crippen molar-refractivity contribution in [3.05, 3.63) is 29.8 Å². The van der Waals surface area contributed by atoms with Gasteiger partial charge in [0.1, 0.15) is 17.6 Å². The van der Waals surface area contributed by atoms with Gasteiger partial charge in [0.2, 0.25) is 5.91 Å². The third-order valence-electron chi connectivity index (χ3n) is 4.34. The van der Waals surface area contributed by atoms with Gasteiger partial charge in [0, 0.05) is 24.4 Å². The quantitative estimate of drug-likeness (QED) is 0.797. The molecule has 2 N–H and O–H groups in total. The standard InChI is InChI=1S/C18H20N4O2/c1-24-15-5-6-16-13(10-15)9-14(11-19)17(22-16)20-7-8-21-18(23)12-3-2-4-12/h5-6,9-10,12H,2-4,7-8H2,1H3,(H,20,22)(H,21,23). The van der Waals surface area contributed by atoms with Crippen molar-refractivity contribution in [2.24, 2.45) is 5.92 Å². The number of pyridine rings is 1. The van der Waals surface area contributed by atoms with Gasteiger partial charge in [-0.3, -0.25) is 4.79 Å². The van der Waals surface area contributed by atoms with Crippen LogP contribution in [0.15, 0.2) is 24.3 Å². The van der Waals surface area contributed by atoms with Gasteiger partial charge in [0.25, 0.3) is 0 Å². The molecule has 1 aliphatic rings. The number of nitrogens with zero attached hydrogens (tertiary/aromatic N) is 2. The Kier molecular flexibility index (Phi) is 4.80. The van der Waals surface area contributed by atoms with E-state index < -0.39 is 0 Å². The molecule has 0 aliphatic heterocycles. The molecule has 1 aliphatic carbocycles. The van der Waals surface area contributed by atoms with Crippen LogP contribution in [0.5, 0.6) is 5.75 Å². The number of ether oxygens (including phenoxy) is 1. The molecule has 1 aromatic carbocycles.